The lowest BCUT2D eigenvalue weighted by atomic mass is 9.95. The molecule has 0 aliphatic carbocycles. The fraction of sp³-hybridized carbons (Fsp3) is 0.778. The van der Waals surface area contributed by atoms with Gasteiger partial charge in [-0.1, -0.05) is 17.7 Å². The van der Waals surface area contributed by atoms with E-state index in [0.29, 0.717) is 18.2 Å². The van der Waals surface area contributed by atoms with Crippen LogP contribution in [0.15, 0.2) is 11.6 Å². The van der Waals surface area contributed by atoms with Crippen LogP contribution in [0.2, 0.25) is 0 Å². The van der Waals surface area contributed by atoms with Gasteiger partial charge in [0.05, 0.1) is 12.2 Å². The second kappa shape index (κ2) is 3.77. The fourth-order valence-corrected chi connectivity index (χ4v) is 2.21. The topological polar surface area (TPSA) is 21.3 Å². The highest BCUT2D eigenvalue weighted by atomic mass is 35.5. The van der Waals surface area contributed by atoms with E-state index in [9.17, 15) is 0 Å². The Labute approximate surface area is 77.9 Å². The maximum Gasteiger partial charge on any atom is 0.0733 e. The first-order valence-electron chi connectivity index (χ1n) is 4.54. The van der Waals surface area contributed by atoms with E-state index in [4.69, 9.17) is 16.3 Å². The molecular formula is C9H14ClNO. The summed E-state index contributed by atoms with van der Waals surface area (Å²) in [7, 11) is 0. The van der Waals surface area contributed by atoms with E-state index in [1.807, 2.05) is 6.08 Å². The molecule has 0 aromatic heterocycles. The molecule has 1 N–H and O–H groups in total. The number of ether oxygens (including phenoxy) is 1. The van der Waals surface area contributed by atoms with E-state index in [1.54, 1.807) is 5.54 Å². The molecule has 0 amide bonds. The van der Waals surface area contributed by atoms with Gasteiger partial charge in [0, 0.05) is 18.1 Å². The molecule has 2 heterocycles. The molecule has 0 radical (unpaired) electrons. The average molecular weight is 188 g/mol. The van der Waals surface area contributed by atoms with E-state index in [1.165, 1.54) is 19.3 Å². The van der Waals surface area contributed by atoms with Crippen molar-refractivity contribution in [3.63, 3.8) is 0 Å². The fourth-order valence-electron chi connectivity index (χ4n) is 2.12. The Kier molecular flexibility index (Phi) is 2.69. The lowest BCUT2D eigenvalue weighted by Crippen LogP contribution is -2.37. The summed E-state index contributed by atoms with van der Waals surface area (Å²) in [5.74, 6) is 0. The summed E-state index contributed by atoms with van der Waals surface area (Å²) in [4.78, 5) is 0. The number of fused-ring (bicyclic) bond motifs is 2. The molecule has 2 aliphatic heterocycles. The van der Waals surface area contributed by atoms with Crippen LogP contribution in [0.3, 0.4) is 0 Å². The summed E-state index contributed by atoms with van der Waals surface area (Å²) in [6.45, 7) is 0.862. The zero-order valence-electron chi connectivity index (χ0n) is 7.00. The van der Waals surface area contributed by atoms with Crippen LogP contribution in [0.1, 0.15) is 19.3 Å². The van der Waals surface area contributed by atoms with Crippen molar-refractivity contribution >= 4 is 11.6 Å². The van der Waals surface area contributed by atoms with Gasteiger partial charge in [0.25, 0.3) is 0 Å². The summed E-state index contributed by atoms with van der Waals surface area (Å²) in [5.41, 5.74) is 1.56. The van der Waals surface area contributed by atoms with Gasteiger partial charge in [0.2, 0.25) is 0 Å². The number of halogens is 1. The monoisotopic (exact) mass is 187 g/mol. The van der Waals surface area contributed by atoms with Crippen LogP contribution in [0, 0.1) is 0 Å². The zero-order chi connectivity index (χ0) is 8.39. The number of hydrogen-bond donors (Lipinski definition) is 1. The van der Waals surface area contributed by atoms with Crippen LogP contribution in [-0.4, -0.2) is 24.8 Å². The maximum absolute atomic E-state index is 5.70. The van der Waals surface area contributed by atoms with Gasteiger partial charge in [-0.2, -0.15) is 0 Å². The van der Waals surface area contributed by atoms with Gasteiger partial charge in [0.1, 0.15) is 0 Å². The van der Waals surface area contributed by atoms with Crippen LogP contribution in [0.4, 0.5) is 0 Å². The van der Waals surface area contributed by atoms with Gasteiger partial charge < -0.3 is 10.1 Å². The first-order chi connectivity index (χ1) is 5.90. The molecule has 3 atom stereocenters. The molecule has 2 nitrogen and oxygen atoms in total. The van der Waals surface area contributed by atoms with Gasteiger partial charge >= 0.3 is 0 Å². The second-order valence-corrected chi connectivity index (χ2v) is 3.74. The highest BCUT2D eigenvalue weighted by molar-refractivity contribution is 6.25. The van der Waals surface area contributed by atoms with Crippen molar-refractivity contribution in [1.82, 2.24) is 5.32 Å². The van der Waals surface area contributed by atoms with Crippen molar-refractivity contribution in [2.45, 2.75) is 37.5 Å². The molecular weight excluding hydrogens is 174 g/mol. The molecule has 2 saturated heterocycles. The quantitative estimate of drug-likeness (QED) is 0.726. The van der Waals surface area contributed by atoms with Crippen LogP contribution in [0.25, 0.3) is 0 Å². The van der Waals surface area contributed by atoms with Crippen LogP contribution in [0.5, 0.6) is 0 Å². The van der Waals surface area contributed by atoms with E-state index in [0.717, 1.165) is 6.54 Å². The Hall–Kier alpha value is -0.0500. The Morgan fingerprint density at radius 1 is 1.50 bits per heavy atom. The highest BCUT2D eigenvalue weighted by Gasteiger charge is 2.39. The summed E-state index contributed by atoms with van der Waals surface area (Å²) in [6.07, 6.45) is 6.60. The van der Waals surface area contributed by atoms with Gasteiger partial charge in [-0.15, -0.1) is 0 Å². The number of rotatable bonds is 3. The third-order valence-corrected chi connectivity index (χ3v) is 2.87. The van der Waals surface area contributed by atoms with Crippen molar-refractivity contribution in [3.8, 4) is 0 Å². The highest BCUT2D eigenvalue weighted by Crippen LogP contribution is 2.34. The van der Waals surface area contributed by atoms with Crippen LogP contribution < -0.4 is 5.32 Å². The normalized spacial score (nSPS) is 39.9. The number of nitrogens with one attached hydrogen (secondary N) is 1. The predicted molar refractivity (Wildman–Crippen MR) is 49.3 cm³/mol. The van der Waals surface area contributed by atoms with Crippen molar-refractivity contribution in [2.24, 2.45) is 0 Å². The van der Waals surface area contributed by atoms with E-state index in [2.05, 4.69) is 5.32 Å². The summed E-state index contributed by atoms with van der Waals surface area (Å²) in [5, 5.41) is 3.42. The van der Waals surface area contributed by atoms with E-state index < -0.39 is 0 Å². The Morgan fingerprint density at radius 2 is 2.42 bits per heavy atom. The van der Waals surface area contributed by atoms with Crippen LogP contribution in [-0.2, 0) is 4.74 Å². The summed E-state index contributed by atoms with van der Waals surface area (Å²) >= 11 is 5.41. The van der Waals surface area contributed by atoms with Crippen molar-refractivity contribution < 1.29 is 4.74 Å². The molecule has 0 aromatic rings. The molecule has 2 rings (SSSR count). The van der Waals surface area contributed by atoms with Crippen molar-refractivity contribution in [1.29, 1.82) is 0 Å². The first-order valence-corrected chi connectivity index (χ1v) is 4.98. The standard InChI is InChI=1S/C9H14ClNO/c10-4-1-5-11-8-6-7-2-3-9(8)12-7/h1,4,7-9,11H,2-3,5-6H2/b4-1+. The SMILES string of the molecule is Cl/C=C/CNC1CC2CCC1O2. The van der Waals surface area contributed by atoms with Gasteiger partial charge in [-0.25, -0.2) is 0 Å². The second-order valence-electron chi connectivity index (χ2n) is 3.49. The molecule has 3 unspecified atom stereocenters. The van der Waals surface area contributed by atoms with Gasteiger partial charge in [0.15, 0.2) is 0 Å². The maximum atomic E-state index is 5.70. The Balaban J connectivity index is 1.75. The first kappa shape index (κ1) is 8.54. The third-order valence-electron chi connectivity index (χ3n) is 2.69. The third kappa shape index (κ3) is 1.65. The van der Waals surface area contributed by atoms with Gasteiger partial charge in [-0.05, 0) is 19.3 Å². The molecule has 2 aliphatic rings. The number of hydrogen-bond acceptors (Lipinski definition) is 2. The van der Waals surface area contributed by atoms with Crippen molar-refractivity contribution in [3.05, 3.63) is 11.6 Å². The molecule has 12 heavy (non-hydrogen) atoms. The molecule has 3 heteroatoms. The smallest absolute Gasteiger partial charge is 0.0733 e. The lowest BCUT2D eigenvalue weighted by molar-refractivity contribution is 0.0978. The molecule has 0 spiro atoms. The molecule has 0 saturated carbocycles. The van der Waals surface area contributed by atoms with Gasteiger partial charge in [-0.3, -0.25) is 0 Å². The minimum absolute atomic E-state index is 0.471. The minimum atomic E-state index is 0.471. The molecule has 2 bridgehead atoms. The predicted octanol–water partition coefficient (Wildman–Crippen LogP) is 1.65. The van der Waals surface area contributed by atoms with Crippen LogP contribution >= 0.6 is 11.6 Å². The lowest BCUT2D eigenvalue weighted by Gasteiger charge is -2.18. The van der Waals surface area contributed by atoms with Crippen molar-refractivity contribution in [2.75, 3.05) is 6.54 Å². The minimum Gasteiger partial charge on any atom is -0.373 e. The van der Waals surface area contributed by atoms with E-state index >= 15 is 0 Å². The molecule has 68 valence electrons. The average Bonchev–Trinajstić information content (AvgIpc) is 2.65. The summed E-state index contributed by atoms with van der Waals surface area (Å²) in [6, 6.07) is 0.566. The largest absolute Gasteiger partial charge is 0.373 e. The van der Waals surface area contributed by atoms with E-state index in [-0.39, 0.29) is 0 Å². The Morgan fingerprint density at radius 3 is 3.00 bits per heavy atom. The summed E-state index contributed by atoms with van der Waals surface area (Å²) < 4.78 is 5.70. The Bertz CT molecular complexity index is 183. The molecule has 0 aromatic carbocycles. The zero-order valence-corrected chi connectivity index (χ0v) is 7.76. The molecule has 2 fully saturated rings.